The monoisotopic (exact) mass is 397 g/mol. The van der Waals surface area contributed by atoms with Gasteiger partial charge in [0.05, 0.1) is 11.4 Å². The number of aryl methyl sites for hydroxylation is 1. The highest BCUT2D eigenvalue weighted by Gasteiger charge is 2.18. The number of anilines is 1. The van der Waals surface area contributed by atoms with E-state index in [9.17, 15) is 17.2 Å². The van der Waals surface area contributed by atoms with E-state index in [0.717, 1.165) is 23.4 Å². The zero-order chi connectivity index (χ0) is 18.9. The Balaban J connectivity index is 1.82. The van der Waals surface area contributed by atoms with Gasteiger partial charge in [0.25, 0.3) is 10.0 Å². The van der Waals surface area contributed by atoms with Gasteiger partial charge in [0.15, 0.2) is 17.5 Å². The Bertz CT molecular complexity index is 1050. The van der Waals surface area contributed by atoms with Crippen molar-refractivity contribution in [3.8, 4) is 0 Å². The smallest absolute Gasteiger partial charge is 0.263 e. The zero-order valence-corrected chi connectivity index (χ0v) is 15.2. The second-order valence-electron chi connectivity index (χ2n) is 5.64. The number of hydrogen-bond acceptors (Lipinski definition) is 3. The van der Waals surface area contributed by atoms with Crippen LogP contribution in [-0.2, 0) is 16.6 Å². The Morgan fingerprint density at radius 1 is 1.08 bits per heavy atom. The van der Waals surface area contributed by atoms with Crippen LogP contribution in [0, 0.1) is 18.6 Å². The van der Waals surface area contributed by atoms with E-state index in [1.807, 2.05) is 12.1 Å². The minimum absolute atomic E-state index is 0.0844. The summed E-state index contributed by atoms with van der Waals surface area (Å²) in [5, 5.41) is 4.82. The molecule has 1 heterocycles. The molecule has 0 unspecified atom stereocenters. The molecule has 0 aliphatic carbocycles. The standard InChI is InChI=1S/C17H14ClF2N3O2S/c1-11-8-17(21-23(11)10-12-2-4-13(18)5-3-12)22-26(24,25)14-6-7-15(19)16(20)9-14/h2-9H,10H2,1H3,(H,21,22). The lowest BCUT2D eigenvalue weighted by atomic mass is 10.2. The number of rotatable bonds is 5. The van der Waals surface area contributed by atoms with Crippen molar-refractivity contribution in [2.75, 3.05) is 4.72 Å². The highest BCUT2D eigenvalue weighted by Crippen LogP contribution is 2.19. The molecule has 136 valence electrons. The third-order valence-electron chi connectivity index (χ3n) is 3.67. The second kappa shape index (κ2) is 7.05. The van der Waals surface area contributed by atoms with Gasteiger partial charge in [0.2, 0.25) is 0 Å². The summed E-state index contributed by atoms with van der Waals surface area (Å²) in [6.45, 7) is 2.20. The molecule has 0 saturated carbocycles. The molecule has 0 atom stereocenters. The molecule has 26 heavy (non-hydrogen) atoms. The van der Waals surface area contributed by atoms with E-state index in [0.29, 0.717) is 17.6 Å². The maximum Gasteiger partial charge on any atom is 0.263 e. The van der Waals surface area contributed by atoms with Gasteiger partial charge in [-0.25, -0.2) is 17.2 Å². The molecular formula is C17H14ClF2N3O2S. The topological polar surface area (TPSA) is 64.0 Å². The fourth-order valence-electron chi connectivity index (χ4n) is 2.32. The minimum Gasteiger partial charge on any atom is -0.263 e. The quantitative estimate of drug-likeness (QED) is 0.708. The number of nitrogens with zero attached hydrogens (tertiary/aromatic N) is 2. The zero-order valence-electron chi connectivity index (χ0n) is 13.6. The molecule has 0 spiro atoms. The summed E-state index contributed by atoms with van der Waals surface area (Å²) < 4.78 is 54.8. The van der Waals surface area contributed by atoms with E-state index in [1.54, 1.807) is 29.8 Å². The first-order chi connectivity index (χ1) is 12.2. The van der Waals surface area contributed by atoms with Gasteiger partial charge >= 0.3 is 0 Å². The number of sulfonamides is 1. The molecule has 1 aromatic heterocycles. The molecule has 0 amide bonds. The van der Waals surface area contributed by atoms with Gasteiger partial charge in [-0.05, 0) is 42.8 Å². The summed E-state index contributed by atoms with van der Waals surface area (Å²) in [5.74, 6) is -2.27. The highest BCUT2D eigenvalue weighted by atomic mass is 35.5. The molecule has 3 aromatic rings. The van der Waals surface area contributed by atoms with Crippen LogP contribution in [0.1, 0.15) is 11.3 Å². The third kappa shape index (κ3) is 4.03. The van der Waals surface area contributed by atoms with Crippen molar-refractivity contribution in [3.63, 3.8) is 0 Å². The van der Waals surface area contributed by atoms with E-state index < -0.39 is 21.7 Å². The summed E-state index contributed by atoms with van der Waals surface area (Å²) >= 11 is 5.85. The number of hydrogen-bond donors (Lipinski definition) is 1. The first kappa shape index (κ1) is 18.3. The van der Waals surface area contributed by atoms with Crippen molar-refractivity contribution >= 4 is 27.4 Å². The molecule has 0 fully saturated rings. The van der Waals surface area contributed by atoms with Crippen LogP contribution >= 0.6 is 11.6 Å². The summed E-state index contributed by atoms with van der Waals surface area (Å²) in [6, 6.07) is 11.1. The molecule has 5 nitrogen and oxygen atoms in total. The Morgan fingerprint density at radius 3 is 2.42 bits per heavy atom. The first-order valence-electron chi connectivity index (χ1n) is 7.51. The fraction of sp³-hybridized carbons (Fsp3) is 0.118. The summed E-state index contributed by atoms with van der Waals surface area (Å²) in [6.07, 6.45) is 0. The van der Waals surface area contributed by atoms with Crippen LogP contribution in [0.5, 0.6) is 0 Å². The Kier molecular flexibility index (Phi) is 4.97. The van der Waals surface area contributed by atoms with Gasteiger partial charge in [-0.1, -0.05) is 23.7 Å². The maximum absolute atomic E-state index is 13.3. The third-order valence-corrected chi connectivity index (χ3v) is 5.27. The molecule has 1 N–H and O–H groups in total. The van der Waals surface area contributed by atoms with Crippen LogP contribution < -0.4 is 4.72 Å². The van der Waals surface area contributed by atoms with Crippen LogP contribution in [0.2, 0.25) is 5.02 Å². The van der Waals surface area contributed by atoms with Gasteiger partial charge < -0.3 is 0 Å². The molecule has 0 saturated heterocycles. The van der Waals surface area contributed by atoms with Gasteiger partial charge in [-0.15, -0.1) is 0 Å². The van der Waals surface area contributed by atoms with Crippen LogP contribution in [0.25, 0.3) is 0 Å². The van der Waals surface area contributed by atoms with E-state index in [4.69, 9.17) is 11.6 Å². The van der Waals surface area contributed by atoms with Crippen molar-refractivity contribution in [3.05, 3.63) is 76.4 Å². The van der Waals surface area contributed by atoms with Gasteiger partial charge in [-0.2, -0.15) is 5.10 Å². The summed E-state index contributed by atoms with van der Waals surface area (Å²) in [7, 11) is -4.08. The molecule has 0 bridgehead atoms. The lowest BCUT2D eigenvalue weighted by Gasteiger charge is -2.06. The van der Waals surface area contributed by atoms with Crippen LogP contribution in [0.15, 0.2) is 53.4 Å². The summed E-state index contributed by atoms with van der Waals surface area (Å²) in [5.41, 5.74) is 1.67. The largest absolute Gasteiger partial charge is 0.263 e. The number of nitrogens with one attached hydrogen (secondary N) is 1. The molecule has 3 rings (SSSR count). The van der Waals surface area contributed by atoms with Gasteiger partial charge in [-0.3, -0.25) is 9.40 Å². The highest BCUT2D eigenvalue weighted by molar-refractivity contribution is 7.92. The van der Waals surface area contributed by atoms with Gasteiger partial charge in [0, 0.05) is 16.8 Å². The lowest BCUT2D eigenvalue weighted by Crippen LogP contribution is -2.14. The first-order valence-corrected chi connectivity index (χ1v) is 9.37. The Morgan fingerprint density at radius 2 is 1.77 bits per heavy atom. The minimum atomic E-state index is -4.08. The molecule has 0 radical (unpaired) electrons. The fourth-order valence-corrected chi connectivity index (χ4v) is 3.45. The number of benzene rings is 2. The van der Waals surface area contributed by atoms with Crippen molar-refractivity contribution in [1.29, 1.82) is 0 Å². The molecule has 2 aromatic carbocycles. The lowest BCUT2D eigenvalue weighted by molar-refractivity contribution is 0.504. The SMILES string of the molecule is Cc1cc(NS(=O)(=O)c2ccc(F)c(F)c2)nn1Cc1ccc(Cl)cc1. The molecular weight excluding hydrogens is 384 g/mol. The number of halogens is 3. The van der Waals surface area contributed by atoms with Crippen molar-refractivity contribution in [2.24, 2.45) is 0 Å². The Labute approximate surface area is 154 Å². The van der Waals surface area contributed by atoms with Crippen LogP contribution in [0.4, 0.5) is 14.6 Å². The Hall–Kier alpha value is -2.45. The average molecular weight is 398 g/mol. The van der Waals surface area contributed by atoms with E-state index in [2.05, 4.69) is 9.82 Å². The van der Waals surface area contributed by atoms with Gasteiger partial charge in [0.1, 0.15) is 0 Å². The number of aromatic nitrogens is 2. The average Bonchev–Trinajstić information content (AvgIpc) is 2.90. The predicted molar refractivity (Wildman–Crippen MR) is 94.7 cm³/mol. The van der Waals surface area contributed by atoms with Crippen molar-refractivity contribution in [2.45, 2.75) is 18.4 Å². The maximum atomic E-state index is 13.3. The van der Waals surface area contributed by atoms with E-state index >= 15 is 0 Å². The van der Waals surface area contributed by atoms with E-state index in [1.165, 1.54) is 0 Å². The van der Waals surface area contributed by atoms with Crippen LogP contribution in [-0.4, -0.2) is 18.2 Å². The van der Waals surface area contributed by atoms with E-state index in [-0.39, 0.29) is 10.7 Å². The predicted octanol–water partition coefficient (Wildman–Crippen LogP) is 3.97. The molecule has 0 aliphatic heterocycles. The molecule has 9 heteroatoms. The summed E-state index contributed by atoms with van der Waals surface area (Å²) in [4.78, 5) is -0.388. The van der Waals surface area contributed by atoms with Crippen molar-refractivity contribution < 1.29 is 17.2 Å². The second-order valence-corrected chi connectivity index (χ2v) is 7.76. The molecule has 0 aliphatic rings. The van der Waals surface area contributed by atoms with Crippen molar-refractivity contribution in [1.82, 2.24) is 9.78 Å². The van der Waals surface area contributed by atoms with Crippen LogP contribution in [0.3, 0.4) is 0 Å². The normalized spacial score (nSPS) is 11.5.